The van der Waals surface area contributed by atoms with E-state index in [9.17, 15) is 4.79 Å². The third-order valence-electron chi connectivity index (χ3n) is 5.76. The molecule has 3 N–H and O–H groups in total. The quantitative estimate of drug-likeness (QED) is 0.504. The molecule has 1 aliphatic carbocycles. The van der Waals surface area contributed by atoms with E-state index in [4.69, 9.17) is 4.74 Å². The van der Waals surface area contributed by atoms with Gasteiger partial charge >= 0.3 is 6.09 Å². The van der Waals surface area contributed by atoms with Crippen molar-refractivity contribution < 1.29 is 9.53 Å². The Bertz CT molecular complexity index is 981. The highest BCUT2D eigenvalue weighted by Gasteiger charge is 2.34. The zero-order valence-electron chi connectivity index (χ0n) is 18.0. The summed E-state index contributed by atoms with van der Waals surface area (Å²) in [4.78, 5) is 16.5. The molecule has 0 unspecified atom stereocenters. The Balaban J connectivity index is 1.20. The lowest BCUT2D eigenvalue weighted by molar-refractivity contribution is 0.0383. The SMILES string of the molecule is CC(C)(CNc1cc(C2CC(OC(=O)NCc3ccccc3)C2)[nH]n1)c1ccccn1. The third-order valence-corrected chi connectivity index (χ3v) is 5.76. The molecule has 4 rings (SSSR count). The van der Waals surface area contributed by atoms with Gasteiger partial charge in [-0.15, -0.1) is 0 Å². The number of rotatable bonds is 8. The van der Waals surface area contributed by atoms with Crippen molar-refractivity contribution in [3.8, 4) is 0 Å². The number of nitrogens with one attached hydrogen (secondary N) is 3. The fraction of sp³-hybridized carbons (Fsp3) is 0.375. The number of ether oxygens (including phenoxy) is 1. The highest BCUT2D eigenvalue weighted by molar-refractivity contribution is 5.67. The molecule has 0 spiro atoms. The first-order valence-electron chi connectivity index (χ1n) is 10.7. The molecule has 1 saturated carbocycles. The number of nitrogens with zero attached hydrogens (tertiary/aromatic N) is 2. The third kappa shape index (κ3) is 5.42. The van der Waals surface area contributed by atoms with Gasteiger partial charge in [0.2, 0.25) is 0 Å². The van der Waals surface area contributed by atoms with Gasteiger partial charge in [-0.3, -0.25) is 10.1 Å². The van der Waals surface area contributed by atoms with E-state index in [0.717, 1.165) is 42.2 Å². The molecule has 0 aliphatic heterocycles. The number of anilines is 1. The number of H-pyrrole nitrogens is 1. The van der Waals surface area contributed by atoms with Gasteiger partial charge in [0.1, 0.15) is 11.9 Å². The number of aromatic amines is 1. The van der Waals surface area contributed by atoms with Crippen LogP contribution in [0.25, 0.3) is 0 Å². The van der Waals surface area contributed by atoms with Crippen LogP contribution >= 0.6 is 0 Å². The van der Waals surface area contributed by atoms with Gasteiger partial charge < -0.3 is 15.4 Å². The molecule has 31 heavy (non-hydrogen) atoms. The molecule has 0 saturated heterocycles. The predicted octanol–water partition coefficient (Wildman–Crippen LogP) is 4.37. The highest BCUT2D eigenvalue weighted by atomic mass is 16.6. The maximum absolute atomic E-state index is 12.0. The summed E-state index contributed by atoms with van der Waals surface area (Å²) in [6, 6.07) is 17.8. The first kappa shape index (κ1) is 20.9. The minimum atomic E-state index is -0.365. The highest BCUT2D eigenvalue weighted by Crippen LogP contribution is 2.38. The smallest absolute Gasteiger partial charge is 0.407 e. The van der Waals surface area contributed by atoms with Crippen molar-refractivity contribution in [2.24, 2.45) is 0 Å². The summed E-state index contributed by atoms with van der Waals surface area (Å²) < 4.78 is 5.50. The summed E-state index contributed by atoms with van der Waals surface area (Å²) in [7, 11) is 0. The van der Waals surface area contributed by atoms with Crippen LogP contribution in [0, 0.1) is 0 Å². The lowest BCUT2D eigenvalue weighted by Crippen LogP contribution is -2.36. The second-order valence-corrected chi connectivity index (χ2v) is 8.70. The molecule has 1 fully saturated rings. The second-order valence-electron chi connectivity index (χ2n) is 8.70. The van der Waals surface area contributed by atoms with Crippen LogP contribution in [0.2, 0.25) is 0 Å². The van der Waals surface area contributed by atoms with Crippen LogP contribution in [0.4, 0.5) is 10.6 Å². The van der Waals surface area contributed by atoms with Gasteiger partial charge in [-0.05, 0) is 30.5 Å². The molecule has 2 heterocycles. The van der Waals surface area contributed by atoms with E-state index >= 15 is 0 Å². The van der Waals surface area contributed by atoms with Gasteiger partial charge in [0.05, 0.1) is 0 Å². The average Bonchev–Trinajstić information content (AvgIpc) is 3.23. The van der Waals surface area contributed by atoms with E-state index < -0.39 is 0 Å². The summed E-state index contributed by atoms with van der Waals surface area (Å²) in [5.41, 5.74) is 3.06. The summed E-state index contributed by atoms with van der Waals surface area (Å²) >= 11 is 0. The number of pyridine rings is 1. The Labute approximate surface area is 182 Å². The van der Waals surface area contributed by atoms with Crippen molar-refractivity contribution in [1.82, 2.24) is 20.5 Å². The van der Waals surface area contributed by atoms with E-state index in [0.29, 0.717) is 12.5 Å². The average molecular weight is 420 g/mol. The maximum atomic E-state index is 12.0. The number of aromatic nitrogens is 3. The van der Waals surface area contributed by atoms with Crippen LogP contribution in [-0.2, 0) is 16.7 Å². The molecule has 162 valence electrons. The lowest BCUT2D eigenvalue weighted by Gasteiger charge is -2.33. The molecule has 1 aromatic carbocycles. The number of hydrogen-bond donors (Lipinski definition) is 3. The number of hydrogen-bond acceptors (Lipinski definition) is 5. The van der Waals surface area contributed by atoms with Crippen molar-refractivity contribution in [3.05, 3.63) is 77.7 Å². The molecule has 1 amide bonds. The van der Waals surface area contributed by atoms with Gasteiger partial charge in [-0.25, -0.2) is 4.79 Å². The van der Waals surface area contributed by atoms with Gasteiger partial charge in [0.15, 0.2) is 0 Å². The fourth-order valence-corrected chi connectivity index (χ4v) is 3.68. The summed E-state index contributed by atoms with van der Waals surface area (Å²) in [5.74, 6) is 1.16. The van der Waals surface area contributed by atoms with Crippen LogP contribution in [0.1, 0.15) is 49.6 Å². The lowest BCUT2D eigenvalue weighted by atomic mass is 9.80. The zero-order chi connectivity index (χ0) is 21.7. The van der Waals surface area contributed by atoms with Gasteiger partial charge in [0.25, 0.3) is 0 Å². The minimum absolute atomic E-state index is 0.0522. The second kappa shape index (κ2) is 9.20. The largest absolute Gasteiger partial charge is 0.446 e. The molecule has 3 aromatic rings. The Hall–Kier alpha value is -3.35. The van der Waals surface area contributed by atoms with Crippen LogP contribution in [-0.4, -0.2) is 33.9 Å². The molecular weight excluding hydrogens is 390 g/mol. The number of amides is 1. The Morgan fingerprint density at radius 2 is 1.94 bits per heavy atom. The standard InChI is InChI=1S/C24H29N5O2/c1-24(2,21-10-6-7-11-25-21)16-27-22-14-20(28-29-22)18-12-19(13-18)31-23(30)26-15-17-8-4-3-5-9-17/h3-11,14,18-19H,12-13,15-16H2,1-2H3,(H,26,30)(H2,27,28,29). The van der Waals surface area contributed by atoms with Crippen molar-refractivity contribution >= 4 is 11.9 Å². The molecule has 0 bridgehead atoms. The van der Waals surface area contributed by atoms with Crippen LogP contribution in [0.5, 0.6) is 0 Å². The summed E-state index contributed by atoms with van der Waals surface area (Å²) in [6.07, 6.45) is 3.01. The monoisotopic (exact) mass is 419 g/mol. The molecule has 7 heteroatoms. The van der Waals surface area contributed by atoms with E-state index in [2.05, 4.69) is 39.7 Å². The van der Waals surface area contributed by atoms with Crippen molar-refractivity contribution in [2.75, 3.05) is 11.9 Å². The maximum Gasteiger partial charge on any atom is 0.407 e. The minimum Gasteiger partial charge on any atom is -0.446 e. The summed E-state index contributed by atoms with van der Waals surface area (Å²) in [5, 5.41) is 13.7. The van der Waals surface area contributed by atoms with Gasteiger partial charge in [-0.2, -0.15) is 5.10 Å². The zero-order valence-corrected chi connectivity index (χ0v) is 18.0. The molecule has 2 aromatic heterocycles. The van der Waals surface area contributed by atoms with E-state index in [1.807, 2.05) is 60.8 Å². The fourth-order valence-electron chi connectivity index (χ4n) is 3.68. The normalized spacial score (nSPS) is 18.1. The summed E-state index contributed by atoms with van der Waals surface area (Å²) in [6.45, 7) is 5.52. The first-order chi connectivity index (χ1) is 15.0. The number of benzene rings is 1. The van der Waals surface area contributed by atoms with Crippen molar-refractivity contribution in [2.45, 2.75) is 50.7 Å². The number of alkyl carbamates (subject to hydrolysis) is 1. The van der Waals surface area contributed by atoms with E-state index in [-0.39, 0.29) is 17.6 Å². The Morgan fingerprint density at radius 3 is 2.68 bits per heavy atom. The van der Waals surface area contributed by atoms with Crippen LogP contribution in [0.15, 0.2) is 60.8 Å². The Kier molecular flexibility index (Phi) is 6.21. The number of carbonyl (C=O) groups is 1. The molecule has 7 nitrogen and oxygen atoms in total. The van der Waals surface area contributed by atoms with Crippen molar-refractivity contribution in [3.63, 3.8) is 0 Å². The van der Waals surface area contributed by atoms with Gasteiger partial charge in [0, 0.05) is 48.1 Å². The van der Waals surface area contributed by atoms with Crippen LogP contribution < -0.4 is 10.6 Å². The first-order valence-corrected chi connectivity index (χ1v) is 10.7. The topological polar surface area (TPSA) is 91.9 Å². The van der Waals surface area contributed by atoms with E-state index in [1.165, 1.54) is 0 Å². The Morgan fingerprint density at radius 1 is 1.16 bits per heavy atom. The van der Waals surface area contributed by atoms with Crippen molar-refractivity contribution in [1.29, 1.82) is 0 Å². The van der Waals surface area contributed by atoms with Crippen LogP contribution in [0.3, 0.4) is 0 Å². The van der Waals surface area contributed by atoms with E-state index in [1.54, 1.807) is 0 Å². The molecule has 1 aliphatic rings. The molecule has 0 atom stereocenters. The molecular formula is C24H29N5O2. The number of carbonyl (C=O) groups excluding carboxylic acids is 1. The van der Waals surface area contributed by atoms with Gasteiger partial charge in [-0.1, -0.05) is 50.2 Å². The molecule has 0 radical (unpaired) electrons. The predicted molar refractivity (Wildman–Crippen MR) is 120 cm³/mol.